The van der Waals surface area contributed by atoms with E-state index in [9.17, 15) is 8.78 Å². The minimum atomic E-state index is -0.601. The molecule has 1 aromatic rings. The Hall–Kier alpha value is -1.16. The molecule has 0 saturated heterocycles. The van der Waals surface area contributed by atoms with E-state index in [0.29, 0.717) is 12.0 Å². The summed E-state index contributed by atoms with van der Waals surface area (Å²) < 4.78 is 33.6. The zero-order valence-corrected chi connectivity index (χ0v) is 11.7. The lowest BCUT2D eigenvalue weighted by Gasteiger charge is -2.22. The molecule has 4 heteroatoms. The first-order chi connectivity index (χ1) is 8.54. The Kier molecular flexibility index (Phi) is 3.85. The van der Waals surface area contributed by atoms with Gasteiger partial charge in [0.2, 0.25) is 0 Å². The van der Waals surface area contributed by atoms with Gasteiger partial charge in [0.15, 0.2) is 11.6 Å². The topological polar surface area (TPSA) is 9.23 Å². The lowest BCUT2D eigenvalue weighted by atomic mass is 9.89. The molecule has 1 aliphatic rings. The van der Waals surface area contributed by atoms with Crippen LogP contribution in [0.1, 0.15) is 18.9 Å². The Balaban J connectivity index is 2.50. The summed E-state index contributed by atoms with van der Waals surface area (Å²) in [5, 5.41) is 0. The van der Waals surface area contributed by atoms with Crippen molar-refractivity contribution in [3.8, 4) is 0 Å². The van der Waals surface area contributed by atoms with Crippen LogP contribution in [-0.2, 0) is 4.74 Å². The summed E-state index contributed by atoms with van der Waals surface area (Å²) >= 11 is 3.33. The van der Waals surface area contributed by atoms with E-state index in [0.717, 1.165) is 10.0 Å². The van der Waals surface area contributed by atoms with Gasteiger partial charge < -0.3 is 4.74 Å². The average Bonchev–Trinajstić information content (AvgIpc) is 2.36. The molecule has 0 amide bonds. The molecule has 96 valence electrons. The van der Waals surface area contributed by atoms with E-state index in [1.54, 1.807) is 6.92 Å². The van der Waals surface area contributed by atoms with Crippen LogP contribution in [0.3, 0.4) is 0 Å². The van der Waals surface area contributed by atoms with Crippen molar-refractivity contribution in [2.24, 2.45) is 5.92 Å². The molecule has 0 heterocycles. The van der Waals surface area contributed by atoms with Gasteiger partial charge in [0.1, 0.15) is 5.83 Å². The van der Waals surface area contributed by atoms with E-state index in [1.807, 2.05) is 24.3 Å². The molecule has 2 rings (SSSR count). The van der Waals surface area contributed by atoms with Crippen molar-refractivity contribution >= 4 is 21.5 Å². The molecular weight excluding hydrogens is 302 g/mol. The van der Waals surface area contributed by atoms with E-state index >= 15 is 0 Å². The van der Waals surface area contributed by atoms with E-state index < -0.39 is 11.7 Å². The summed E-state index contributed by atoms with van der Waals surface area (Å²) in [7, 11) is 1.28. The predicted octanol–water partition coefficient (Wildman–Crippen LogP) is 5.00. The number of ether oxygens (including phenoxy) is 1. The summed E-state index contributed by atoms with van der Waals surface area (Å²) in [6, 6.07) is 7.29. The highest BCUT2D eigenvalue weighted by molar-refractivity contribution is 9.10. The molecule has 1 aliphatic carbocycles. The Morgan fingerprint density at radius 3 is 2.39 bits per heavy atom. The lowest BCUT2D eigenvalue weighted by Crippen LogP contribution is -2.10. The third-order valence-electron chi connectivity index (χ3n) is 3.02. The van der Waals surface area contributed by atoms with E-state index in [4.69, 9.17) is 4.74 Å². The Morgan fingerprint density at radius 1 is 1.22 bits per heavy atom. The normalized spacial score (nSPS) is 20.4. The second-order valence-corrected chi connectivity index (χ2v) is 5.20. The van der Waals surface area contributed by atoms with Crippen LogP contribution >= 0.6 is 15.9 Å². The average molecular weight is 315 g/mol. The number of benzene rings is 1. The maximum Gasteiger partial charge on any atom is 0.186 e. The SMILES string of the molecule is COC1=C(F)C(C)CC(c2ccc(Br)cc2)=C1F. The lowest BCUT2D eigenvalue weighted by molar-refractivity contribution is 0.252. The largest absolute Gasteiger partial charge is 0.491 e. The quantitative estimate of drug-likeness (QED) is 0.746. The molecule has 0 aromatic heterocycles. The van der Waals surface area contributed by atoms with E-state index in [-0.39, 0.29) is 11.7 Å². The molecule has 18 heavy (non-hydrogen) atoms. The number of rotatable bonds is 2. The van der Waals surface area contributed by atoms with Crippen molar-refractivity contribution in [3.05, 3.63) is 51.7 Å². The third kappa shape index (κ3) is 2.34. The maximum absolute atomic E-state index is 14.2. The molecule has 0 saturated carbocycles. The second-order valence-electron chi connectivity index (χ2n) is 4.29. The summed E-state index contributed by atoms with van der Waals surface area (Å²) in [5.41, 5.74) is 1.25. The fraction of sp³-hybridized carbons (Fsp3) is 0.286. The summed E-state index contributed by atoms with van der Waals surface area (Å²) in [6.45, 7) is 1.72. The van der Waals surface area contributed by atoms with Crippen molar-refractivity contribution in [2.75, 3.05) is 7.11 Å². The third-order valence-corrected chi connectivity index (χ3v) is 3.55. The molecule has 0 aliphatic heterocycles. The molecule has 1 aromatic carbocycles. The van der Waals surface area contributed by atoms with Gasteiger partial charge in [-0.15, -0.1) is 0 Å². The standard InChI is InChI=1S/C14H13BrF2O/c1-8-7-11(9-3-5-10(15)6-4-9)13(17)14(18-2)12(8)16/h3-6,8H,7H2,1-2H3. The molecule has 0 spiro atoms. The minimum Gasteiger partial charge on any atom is -0.491 e. The zero-order valence-electron chi connectivity index (χ0n) is 10.1. The first-order valence-corrected chi connectivity index (χ1v) is 6.42. The highest BCUT2D eigenvalue weighted by Crippen LogP contribution is 2.40. The minimum absolute atomic E-state index is 0.272. The van der Waals surface area contributed by atoms with Gasteiger partial charge in [0.05, 0.1) is 7.11 Å². The Labute approximate surface area is 113 Å². The summed E-state index contributed by atoms with van der Waals surface area (Å²) in [5.74, 6) is -1.75. The molecule has 1 nitrogen and oxygen atoms in total. The van der Waals surface area contributed by atoms with Crippen LogP contribution in [-0.4, -0.2) is 7.11 Å². The van der Waals surface area contributed by atoms with Gasteiger partial charge in [-0.2, -0.15) is 0 Å². The molecule has 1 atom stereocenters. The monoisotopic (exact) mass is 314 g/mol. The number of allylic oxidation sites excluding steroid dienone is 3. The molecule has 0 fully saturated rings. The number of methoxy groups -OCH3 is 1. The summed E-state index contributed by atoms with van der Waals surface area (Å²) in [6.07, 6.45) is 0.339. The van der Waals surface area contributed by atoms with Crippen molar-refractivity contribution in [1.29, 1.82) is 0 Å². The van der Waals surface area contributed by atoms with Gasteiger partial charge in [0, 0.05) is 10.4 Å². The fourth-order valence-electron chi connectivity index (χ4n) is 2.03. The van der Waals surface area contributed by atoms with Crippen LogP contribution in [0.25, 0.3) is 5.57 Å². The van der Waals surface area contributed by atoms with Gasteiger partial charge in [0.25, 0.3) is 0 Å². The number of hydrogen-bond acceptors (Lipinski definition) is 1. The van der Waals surface area contributed by atoms with Crippen molar-refractivity contribution in [1.82, 2.24) is 0 Å². The molecule has 0 N–H and O–H groups in total. The van der Waals surface area contributed by atoms with Gasteiger partial charge >= 0.3 is 0 Å². The summed E-state index contributed by atoms with van der Waals surface area (Å²) in [4.78, 5) is 0. The number of hydrogen-bond donors (Lipinski definition) is 0. The highest BCUT2D eigenvalue weighted by Gasteiger charge is 2.29. The van der Waals surface area contributed by atoms with Crippen LogP contribution in [0.15, 0.2) is 46.2 Å². The second kappa shape index (κ2) is 5.22. The van der Waals surface area contributed by atoms with Crippen LogP contribution in [0.2, 0.25) is 0 Å². The zero-order chi connectivity index (χ0) is 13.3. The van der Waals surface area contributed by atoms with E-state index in [1.165, 1.54) is 7.11 Å². The fourth-order valence-corrected chi connectivity index (χ4v) is 2.30. The Morgan fingerprint density at radius 2 is 1.83 bits per heavy atom. The molecule has 1 unspecified atom stereocenters. The Bertz CT molecular complexity index is 517. The van der Waals surface area contributed by atoms with E-state index in [2.05, 4.69) is 15.9 Å². The van der Waals surface area contributed by atoms with Gasteiger partial charge in [-0.1, -0.05) is 35.0 Å². The predicted molar refractivity (Wildman–Crippen MR) is 71.1 cm³/mol. The highest BCUT2D eigenvalue weighted by atomic mass is 79.9. The van der Waals surface area contributed by atoms with Crippen LogP contribution in [0, 0.1) is 5.92 Å². The van der Waals surface area contributed by atoms with Crippen molar-refractivity contribution in [3.63, 3.8) is 0 Å². The van der Waals surface area contributed by atoms with Gasteiger partial charge in [-0.3, -0.25) is 0 Å². The molecule has 0 bridgehead atoms. The van der Waals surface area contributed by atoms with Crippen LogP contribution in [0.5, 0.6) is 0 Å². The first-order valence-electron chi connectivity index (χ1n) is 5.63. The van der Waals surface area contributed by atoms with Crippen molar-refractivity contribution < 1.29 is 13.5 Å². The van der Waals surface area contributed by atoms with Crippen LogP contribution < -0.4 is 0 Å². The number of halogens is 3. The van der Waals surface area contributed by atoms with Crippen LogP contribution in [0.4, 0.5) is 8.78 Å². The molecular formula is C14H13BrF2O. The first kappa shape index (κ1) is 13.3. The molecule has 0 radical (unpaired) electrons. The van der Waals surface area contributed by atoms with Gasteiger partial charge in [-0.25, -0.2) is 8.78 Å². The van der Waals surface area contributed by atoms with Gasteiger partial charge in [-0.05, 0) is 29.7 Å². The maximum atomic E-state index is 14.2. The smallest absolute Gasteiger partial charge is 0.186 e. The van der Waals surface area contributed by atoms with Crippen molar-refractivity contribution in [2.45, 2.75) is 13.3 Å².